The van der Waals surface area contributed by atoms with Crippen molar-refractivity contribution >= 4 is 27.5 Å². The van der Waals surface area contributed by atoms with E-state index in [0.29, 0.717) is 11.3 Å². The Morgan fingerprint density at radius 3 is 2.21 bits per heavy atom. The first-order valence-corrected chi connectivity index (χ1v) is 10.7. The van der Waals surface area contributed by atoms with Gasteiger partial charge >= 0.3 is 0 Å². The van der Waals surface area contributed by atoms with E-state index in [9.17, 15) is 18.0 Å². The molecular weight excluding hydrogens is 390 g/mol. The first kappa shape index (κ1) is 22.6. The molecule has 0 saturated carbocycles. The molecule has 7 nitrogen and oxygen atoms in total. The van der Waals surface area contributed by atoms with Crippen molar-refractivity contribution in [1.82, 2.24) is 10.0 Å². The standard InChI is InChI=1S/C21H27N3O4S/c1-15-6-5-7-18(14-15)29(27,28)23-13-12-22-19(25)16-8-10-17(11-9-16)24-20(26)21(2,3)4/h5-11,14,23H,12-13H2,1-4H3,(H,22,25)(H,24,26). The van der Waals surface area contributed by atoms with E-state index in [1.807, 2.05) is 33.8 Å². The largest absolute Gasteiger partial charge is 0.351 e. The summed E-state index contributed by atoms with van der Waals surface area (Å²) in [6.07, 6.45) is 0. The highest BCUT2D eigenvalue weighted by atomic mass is 32.2. The maximum Gasteiger partial charge on any atom is 0.251 e. The van der Waals surface area contributed by atoms with Crippen LogP contribution in [-0.4, -0.2) is 33.3 Å². The minimum absolute atomic E-state index is 0.0712. The van der Waals surface area contributed by atoms with Gasteiger partial charge in [-0.15, -0.1) is 0 Å². The Labute approximate surface area is 172 Å². The van der Waals surface area contributed by atoms with Gasteiger partial charge in [0.05, 0.1) is 4.90 Å². The number of anilines is 1. The van der Waals surface area contributed by atoms with Gasteiger partial charge in [-0.05, 0) is 48.9 Å². The number of aryl methyl sites for hydroxylation is 1. The topological polar surface area (TPSA) is 104 Å². The Kier molecular flexibility index (Phi) is 7.16. The molecule has 0 aliphatic heterocycles. The highest BCUT2D eigenvalue weighted by molar-refractivity contribution is 7.89. The van der Waals surface area contributed by atoms with Gasteiger partial charge in [0.15, 0.2) is 0 Å². The summed E-state index contributed by atoms with van der Waals surface area (Å²) in [5, 5.41) is 5.45. The van der Waals surface area contributed by atoms with E-state index in [1.54, 1.807) is 36.4 Å². The molecule has 0 unspecified atom stereocenters. The van der Waals surface area contributed by atoms with Crippen LogP contribution in [0.2, 0.25) is 0 Å². The van der Waals surface area contributed by atoms with Crippen molar-refractivity contribution < 1.29 is 18.0 Å². The lowest BCUT2D eigenvalue weighted by molar-refractivity contribution is -0.123. The highest BCUT2D eigenvalue weighted by Crippen LogP contribution is 2.17. The van der Waals surface area contributed by atoms with Gasteiger partial charge in [-0.3, -0.25) is 9.59 Å². The van der Waals surface area contributed by atoms with Crippen LogP contribution in [0.25, 0.3) is 0 Å². The van der Waals surface area contributed by atoms with Gasteiger partial charge in [-0.2, -0.15) is 0 Å². The Balaban J connectivity index is 1.84. The molecule has 8 heteroatoms. The summed E-state index contributed by atoms with van der Waals surface area (Å²) in [4.78, 5) is 24.4. The zero-order chi connectivity index (χ0) is 21.7. The van der Waals surface area contributed by atoms with Crippen LogP contribution < -0.4 is 15.4 Å². The number of hydrogen-bond donors (Lipinski definition) is 3. The zero-order valence-electron chi connectivity index (χ0n) is 17.1. The first-order valence-electron chi connectivity index (χ1n) is 9.25. The number of rotatable bonds is 7. The molecule has 0 aliphatic rings. The van der Waals surface area contributed by atoms with Crippen LogP contribution in [0, 0.1) is 12.3 Å². The van der Waals surface area contributed by atoms with Gasteiger partial charge in [0.1, 0.15) is 0 Å². The summed E-state index contributed by atoms with van der Waals surface area (Å²) in [7, 11) is -3.62. The minimum atomic E-state index is -3.62. The lowest BCUT2D eigenvalue weighted by Gasteiger charge is -2.17. The van der Waals surface area contributed by atoms with E-state index >= 15 is 0 Å². The second kappa shape index (κ2) is 9.19. The summed E-state index contributed by atoms with van der Waals surface area (Å²) >= 11 is 0. The molecule has 0 aromatic heterocycles. The molecule has 2 amide bonds. The van der Waals surface area contributed by atoms with Gasteiger partial charge in [-0.1, -0.05) is 32.9 Å². The number of benzene rings is 2. The average molecular weight is 418 g/mol. The van der Waals surface area contributed by atoms with Crippen LogP contribution in [0.15, 0.2) is 53.4 Å². The van der Waals surface area contributed by atoms with Crippen molar-refractivity contribution in [2.45, 2.75) is 32.6 Å². The van der Waals surface area contributed by atoms with Gasteiger partial charge in [-0.25, -0.2) is 13.1 Å². The predicted octanol–water partition coefficient (Wildman–Crippen LogP) is 2.69. The third kappa shape index (κ3) is 6.69. The van der Waals surface area contributed by atoms with Gasteiger partial charge in [0.25, 0.3) is 5.91 Å². The minimum Gasteiger partial charge on any atom is -0.351 e. The number of hydrogen-bond acceptors (Lipinski definition) is 4. The van der Waals surface area contributed by atoms with Crippen molar-refractivity contribution in [3.05, 3.63) is 59.7 Å². The van der Waals surface area contributed by atoms with E-state index in [2.05, 4.69) is 15.4 Å². The molecular formula is C21H27N3O4S. The fourth-order valence-corrected chi connectivity index (χ4v) is 3.49. The number of nitrogens with one attached hydrogen (secondary N) is 3. The third-order valence-corrected chi connectivity index (χ3v) is 5.55. The molecule has 2 aromatic carbocycles. The summed E-state index contributed by atoms with van der Waals surface area (Å²) in [6.45, 7) is 7.49. The van der Waals surface area contributed by atoms with Crippen molar-refractivity contribution in [2.24, 2.45) is 5.41 Å². The molecule has 3 N–H and O–H groups in total. The van der Waals surface area contributed by atoms with Crippen LogP contribution in [-0.2, 0) is 14.8 Å². The van der Waals surface area contributed by atoms with E-state index in [1.165, 1.54) is 6.07 Å². The number of carbonyl (C=O) groups excluding carboxylic acids is 2. The maximum absolute atomic E-state index is 12.2. The zero-order valence-corrected chi connectivity index (χ0v) is 17.9. The fourth-order valence-electron chi connectivity index (χ4n) is 2.35. The van der Waals surface area contributed by atoms with Crippen molar-refractivity contribution in [2.75, 3.05) is 18.4 Å². The predicted molar refractivity (Wildman–Crippen MR) is 113 cm³/mol. The van der Waals surface area contributed by atoms with Crippen molar-refractivity contribution in [3.8, 4) is 0 Å². The van der Waals surface area contributed by atoms with Crippen molar-refractivity contribution in [3.63, 3.8) is 0 Å². The molecule has 0 aliphatic carbocycles. The van der Waals surface area contributed by atoms with E-state index in [4.69, 9.17) is 0 Å². The molecule has 2 aromatic rings. The smallest absolute Gasteiger partial charge is 0.251 e. The van der Waals surface area contributed by atoms with Crippen LogP contribution in [0.1, 0.15) is 36.7 Å². The Hall–Kier alpha value is -2.71. The highest BCUT2D eigenvalue weighted by Gasteiger charge is 2.21. The molecule has 0 spiro atoms. The summed E-state index contributed by atoms with van der Waals surface area (Å²) in [5.41, 5.74) is 1.36. The molecule has 0 radical (unpaired) electrons. The van der Waals surface area contributed by atoms with Crippen LogP contribution in [0.4, 0.5) is 5.69 Å². The maximum atomic E-state index is 12.2. The second-order valence-corrected chi connectivity index (χ2v) is 9.52. The number of carbonyl (C=O) groups is 2. The second-order valence-electron chi connectivity index (χ2n) is 7.75. The lowest BCUT2D eigenvalue weighted by atomic mass is 9.95. The SMILES string of the molecule is Cc1cccc(S(=O)(=O)NCCNC(=O)c2ccc(NC(=O)C(C)(C)C)cc2)c1. The molecule has 0 saturated heterocycles. The van der Waals surface area contributed by atoms with Gasteiger partial charge < -0.3 is 10.6 Å². The molecule has 0 bridgehead atoms. The Morgan fingerprint density at radius 1 is 0.966 bits per heavy atom. The van der Waals surface area contributed by atoms with Crippen molar-refractivity contribution in [1.29, 1.82) is 0 Å². The lowest BCUT2D eigenvalue weighted by Crippen LogP contribution is -2.34. The van der Waals surface area contributed by atoms with Gasteiger partial charge in [0.2, 0.25) is 15.9 Å². The third-order valence-electron chi connectivity index (χ3n) is 4.09. The monoisotopic (exact) mass is 417 g/mol. The fraction of sp³-hybridized carbons (Fsp3) is 0.333. The summed E-state index contributed by atoms with van der Waals surface area (Å²) < 4.78 is 26.9. The average Bonchev–Trinajstić information content (AvgIpc) is 2.65. The van der Waals surface area contributed by atoms with Crippen LogP contribution in [0.3, 0.4) is 0 Å². The van der Waals surface area contributed by atoms with E-state index in [-0.39, 0.29) is 29.8 Å². The Bertz CT molecular complexity index is 978. The van der Waals surface area contributed by atoms with E-state index < -0.39 is 15.4 Å². The molecule has 2 rings (SSSR count). The normalized spacial score (nSPS) is 11.7. The van der Waals surface area contributed by atoms with E-state index in [0.717, 1.165) is 5.56 Å². The summed E-state index contributed by atoms with van der Waals surface area (Å²) in [6, 6.07) is 13.1. The van der Waals surface area contributed by atoms with Gasteiger partial charge in [0, 0.05) is 29.8 Å². The van der Waals surface area contributed by atoms with Crippen LogP contribution >= 0.6 is 0 Å². The quantitative estimate of drug-likeness (QED) is 0.603. The molecule has 0 atom stereocenters. The molecule has 29 heavy (non-hydrogen) atoms. The first-order chi connectivity index (χ1) is 13.5. The summed E-state index contributed by atoms with van der Waals surface area (Å²) in [5.74, 6) is -0.441. The Morgan fingerprint density at radius 2 is 1.62 bits per heavy atom. The van der Waals surface area contributed by atoms with Crippen LogP contribution in [0.5, 0.6) is 0 Å². The number of amides is 2. The molecule has 0 heterocycles. The number of sulfonamides is 1. The molecule has 0 fully saturated rings. The molecule has 156 valence electrons.